The Morgan fingerprint density at radius 1 is 1.73 bits per heavy atom. The van der Waals surface area contributed by atoms with Gasteiger partial charge in [-0.1, -0.05) is 0 Å². The molecule has 0 N–H and O–H groups in total. The molecule has 0 aliphatic carbocycles. The van der Waals surface area contributed by atoms with E-state index >= 15 is 0 Å². The number of esters is 1. The predicted molar refractivity (Wildman–Crippen MR) is 50.6 cm³/mol. The first-order valence-electron chi connectivity index (χ1n) is 4.71. The predicted octanol–water partition coefficient (Wildman–Crippen LogP) is 0.493. The lowest BCUT2D eigenvalue weighted by molar-refractivity contribution is -0.143. The molecule has 6 nitrogen and oxygen atoms in total. The lowest BCUT2D eigenvalue weighted by Gasteiger charge is -2.01. The highest BCUT2D eigenvalue weighted by Gasteiger charge is 2.02. The standard InChI is InChI=1S/C9H12N4O2/c1-2-15-9(14)4-3-5-13-7-11-8(6-10)12-13/h7H,2-5H2,1H3. The minimum atomic E-state index is -0.210. The van der Waals surface area contributed by atoms with Crippen LogP contribution in [0.15, 0.2) is 6.33 Å². The van der Waals surface area contributed by atoms with Crippen LogP contribution in [0.3, 0.4) is 0 Å². The molecule has 0 spiro atoms. The smallest absolute Gasteiger partial charge is 0.305 e. The van der Waals surface area contributed by atoms with Gasteiger partial charge in [0.25, 0.3) is 5.82 Å². The highest BCUT2D eigenvalue weighted by Crippen LogP contribution is 1.96. The van der Waals surface area contributed by atoms with Crippen molar-refractivity contribution in [2.45, 2.75) is 26.3 Å². The second-order valence-corrected chi connectivity index (χ2v) is 2.85. The fraction of sp³-hybridized carbons (Fsp3) is 0.556. The first kappa shape index (κ1) is 11.2. The number of nitrogens with zero attached hydrogens (tertiary/aromatic N) is 4. The molecule has 0 aliphatic rings. The number of ether oxygens (including phenoxy) is 1. The van der Waals surface area contributed by atoms with Crippen LogP contribution in [0, 0.1) is 11.3 Å². The second-order valence-electron chi connectivity index (χ2n) is 2.85. The fourth-order valence-corrected chi connectivity index (χ4v) is 1.07. The van der Waals surface area contributed by atoms with E-state index in [-0.39, 0.29) is 11.8 Å². The first-order chi connectivity index (χ1) is 7.26. The second kappa shape index (κ2) is 5.75. The van der Waals surface area contributed by atoms with Crippen molar-refractivity contribution in [2.75, 3.05) is 6.61 Å². The van der Waals surface area contributed by atoms with E-state index in [2.05, 4.69) is 10.1 Å². The van der Waals surface area contributed by atoms with Crippen molar-refractivity contribution in [1.29, 1.82) is 5.26 Å². The summed E-state index contributed by atoms with van der Waals surface area (Å²) in [6.45, 7) is 2.74. The van der Waals surface area contributed by atoms with Gasteiger partial charge in [-0.3, -0.25) is 9.48 Å². The van der Waals surface area contributed by atoms with Crippen LogP contribution in [0.5, 0.6) is 0 Å². The molecule has 1 aromatic rings. The van der Waals surface area contributed by atoms with Crippen LogP contribution >= 0.6 is 0 Å². The van der Waals surface area contributed by atoms with E-state index in [9.17, 15) is 4.79 Å². The Bertz CT molecular complexity index is 366. The molecule has 1 rings (SSSR count). The Morgan fingerprint density at radius 2 is 2.53 bits per heavy atom. The number of hydrogen-bond acceptors (Lipinski definition) is 5. The van der Waals surface area contributed by atoms with Crippen molar-refractivity contribution >= 4 is 5.97 Å². The van der Waals surface area contributed by atoms with Crippen molar-refractivity contribution in [3.63, 3.8) is 0 Å². The zero-order valence-corrected chi connectivity index (χ0v) is 8.51. The van der Waals surface area contributed by atoms with Gasteiger partial charge in [0, 0.05) is 13.0 Å². The molecule has 0 bridgehead atoms. The van der Waals surface area contributed by atoms with Crippen molar-refractivity contribution in [3.8, 4) is 6.07 Å². The molecular weight excluding hydrogens is 196 g/mol. The Hall–Kier alpha value is -1.90. The summed E-state index contributed by atoms with van der Waals surface area (Å²) in [6.07, 6.45) is 2.46. The maximum atomic E-state index is 11.0. The summed E-state index contributed by atoms with van der Waals surface area (Å²) in [7, 11) is 0. The highest BCUT2D eigenvalue weighted by atomic mass is 16.5. The number of carbonyl (C=O) groups excluding carboxylic acids is 1. The Labute approximate surface area is 87.5 Å². The quantitative estimate of drug-likeness (QED) is 0.658. The minimum absolute atomic E-state index is 0.145. The van der Waals surface area contributed by atoms with Crippen LogP contribution in [0.2, 0.25) is 0 Å². The molecule has 0 amide bonds. The lowest BCUT2D eigenvalue weighted by atomic mass is 10.3. The average molecular weight is 208 g/mol. The average Bonchev–Trinajstić information content (AvgIpc) is 2.66. The molecular formula is C9H12N4O2. The molecule has 0 unspecified atom stereocenters. The van der Waals surface area contributed by atoms with Crippen LogP contribution in [0.4, 0.5) is 0 Å². The third-order valence-corrected chi connectivity index (χ3v) is 1.71. The molecule has 0 aromatic carbocycles. The minimum Gasteiger partial charge on any atom is -0.466 e. The van der Waals surface area contributed by atoms with E-state index in [1.165, 1.54) is 11.0 Å². The zero-order chi connectivity index (χ0) is 11.1. The largest absolute Gasteiger partial charge is 0.466 e. The SMILES string of the molecule is CCOC(=O)CCCn1cnc(C#N)n1. The Morgan fingerprint density at radius 3 is 3.13 bits per heavy atom. The lowest BCUT2D eigenvalue weighted by Crippen LogP contribution is -2.06. The van der Waals surface area contributed by atoms with Crippen molar-refractivity contribution in [2.24, 2.45) is 0 Å². The van der Waals surface area contributed by atoms with Gasteiger partial charge in [0.05, 0.1) is 6.61 Å². The molecule has 0 atom stereocenters. The number of aryl methyl sites for hydroxylation is 1. The summed E-state index contributed by atoms with van der Waals surface area (Å²) in [5, 5.41) is 12.3. The number of carbonyl (C=O) groups is 1. The summed E-state index contributed by atoms with van der Waals surface area (Å²) in [5.74, 6) is -0.0655. The Kier molecular flexibility index (Phi) is 4.29. The summed E-state index contributed by atoms with van der Waals surface area (Å²) in [4.78, 5) is 14.7. The maximum absolute atomic E-state index is 11.0. The normalized spacial score (nSPS) is 9.60. The maximum Gasteiger partial charge on any atom is 0.305 e. The molecule has 1 heterocycles. The molecule has 6 heteroatoms. The first-order valence-corrected chi connectivity index (χ1v) is 4.71. The highest BCUT2D eigenvalue weighted by molar-refractivity contribution is 5.69. The topological polar surface area (TPSA) is 80.8 Å². The van der Waals surface area contributed by atoms with Gasteiger partial charge in [-0.2, -0.15) is 5.26 Å². The van der Waals surface area contributed by atoms with E-state index in [4.69, 9.17) is 10.00 Å². The molecule has 0 saturated heterocycles. The summed E-state index contributed by atoms with van der Waals surface area (Å²) in [6, 6.07) is 1.83. The summed E-state index contributed by atoms with van der Waals surface area (Å²) >= 11 is 0. The molecule has 15 heavy (non-hydrogen) atoms. The van der Waals surface area contributed by atoms with Crippen LogP contribution in [-0.2, 0) is 16.1 Å². The van der Waals surface area contributed by atoms with Crippen LogP contribution in [0.1, 0.15) is 25.6 Å². The third-order valence-electron chi connectivity index (χ3n) is 1.71. The molecule has 80 valence electrons. The number of hydrogen-bond donors (Lipinski definition) is 0. The third kappa shape index (κ3) is 3.77. The molecule has 0 radical (unpaired) electrons. The van der Waals surface area contributed by atoms with Crippen LogP contribution in [-0.4, -0.2) is 27.3 Å². The monoisotopic (exact) mass is 208 g/mol. The zero-order valence-electron chi connectivity index (χ0n) is 8.51. The van der Waals surface area contributed by atoms with Gasteiger partial charge in [0.1, 0.15) is 12.4 Å². The Balaban J connectivity index is 2.26. The van der Waals surface area contributed by atoms with Gasteiger partial charge in [0.2, 0.25) is 0 Å². The summed E-state index contributed by atoms with van der Waals surface area (Å²) < 4.78 is 6.31. The van der Waals surface area contributed by atoms with Crippen molar-refractivity contribution in [1.82, 2.24) is 14.8 Å². The number of rotatable bonds is 5. The van der Waals surface area contributed by atoms with E-state index in [1.54, 1.807) is 6.92 Å². The number of nitriles is 1. The fourth-order valence-electron chi connectivity index (χ4n) is 1.07. The molecule has 0 fully saturated rings. The number of aromatic nitrogens is 3. The van der Waals surface area contributed by atoms with Gasteiger partial charge in [-0.15, -0.1) is 5.10 Å². The van der Waals surface area contributed by atoms with Crippen molar-refractivity contribution < 1.29 is 9.53 Å². The van der Waals surface area contributed by atoms with E-state index in [0.29, 0.717) is 26.0 Å². The van der Waals surface area contributed by atoms with Crippen LogP contribution < -0.4 is 0 Å². The molecule has 1 aromatic heterocycles. The molecule has 0 saturated carbocycles. The van der Waals surface area contributed by atoms with Gasteiger partial charge in [0.15, 0.2) is 0 Å². The van der Waals surface area contributed by atoms with E-state index in [1.807, 2.05) is 6.07 Å². The van der Waals surface area contributed by atoms with Gasteiger partial charge < -0.3 is 4.74 Å². The van der Waals surface area contributed by atoms with Gasteiger partial charge >= 0.3 is 5.97 Å². The van der Waals surface area contributed by atoms with Gasteiger partial charge in [-0.05, 0) is 13.3 Å². The molecule has 0 aliphatic heterocycles. The van der Waals surface area contributed by atoms with Gasteiger partial charge in [-0.25, -0.2) is 4.98 Å². The van der Waals surface area contributed by atoms with E-state index < -0.39 is 0 Å². The van der Waals surface area contributed by atoms with Crippen LogP contribution in [0.25, 0.3) is 0 Å². The summed E-state index contributed by atoms with van der Waals surface area (Å²) in [5.41, 5.74) is 0. The van der Waals surface area contributed by atoms with Crippen molar-refractivity contribution in [3.05, 3.63) is 12.2 Å². The van der Waals surface area contributed by atoms with E-state index in [0.717, 1.165) is 0 Å².